The van der Waals surface area contributed by atoms with Crippen LogP contribution < -0.4 is 20.1 Å². The molecule has 0 aromatic heterocycles. The summed E-state index contributed by atoms with van der Waals surface area (Å²) in [5.74, 6) is 1.65. The summed E-state index contributed by atoms with van der Waals surface area (Å²) in [4.78, 5) is 11.8. The molecule has 0 aliphatic carbocycles. The van der Waals surface area contributed by atoms with E-state index in [9.17, 15) is 4.79 Å². The van der Waals surface area contributed by atoms with E-state index in [4.69, 9.17) is 9.47 Å². The fraction of sp³-hybridized carbons (Fsp3) is 0.562. The van der Waals surface area contributed by atoms with Gasteiger partial charge in [-0.1, -0.05) is 0 Å². The molecule has 22 heavy (non-hydrogen) atoms. The lowest BCUT2D eigenvalue weighted by Gasteiger charge is -2.16. The van der Waals surface area contributed by atoms with Crippen LogP contribution >= 0.6 is 12.4 Å². The van der Waals surface area contributed by atoms with Gasteiger partial charge in [-0.15, -0.1) is 12.4 Å². The lowest BCUT2D eigenvalue weighted by atomic mass is 10.1. The first-order chi connectivity index (χ1) is 10.2. The highest BCUT2D eigenvalue weighted by Crippen LogP contribution is 2.18. The molecule has 124 valence electrons. The highest BCUT2D eigenvalue weighted by atomic mass is 35.5. The van der Waals surface area contributed by atoms with Crippen molar-refractivity contribution in [3.8, 4) is 11.5 Å². The third-order valence-corrected chi connectivity index (χ3v) is 3.58. The molecule has 2 unspecified atom stereocenters. The first kappa shape index (κ1) is 18.6. The quantitative estimate of drug-likeness (QED) is 0.805. The van der Waals surface area contributed by atoms with Crippen molar-refractivity contribution in [1.29, 1.82) is 0 Å². The molecular weight excluding hydrogens is 304 g/mol. The van der Waals surface area contributed by atoms with Crippen LogP contribution in [-0.4, -0.2) is 38.3 Å². The normalized spacial score (nSPS) is 18.2. The fourth-order valence-corrected chi connectivity index (χ4v) is 2.41. The van der Waals surface area contributed by atoms with Crippen molar-refractivity contribution >= 4 is 18.3 Å². The van der Waals surface area contributed by atoms with Gasteiger partial charge in [0, 0.05) is 12.5 Å². The van der Waals surface area contributed by atoms with Gasteiger partial charge in [-0.2, -0.15) is 0 Å². The zero-order valence-corrected chi connectivity index (χ0v) is 13.9. The molecule has 6 heteroatoms. The van der Waals surface area contributed by atoms with Crippen molar-refractivity contribution in [3.63, 3.8) is 0 Å². The number of methoxy groups -OCH3 is 1. The number of amides is 1. The molecule has 1 saturated heterocycles. The van der Waals surface area contributed by atoms with Crippen LogP contribution in [0.15, 0.2) is 24.3 Å². The van der Waals surface area contributed by atoms with Gasteiger partial charge in [0.15, 0.2) is 0 Å². The zero-order chi connectivity index (χ0) is 15.1. The number of carbonyl (C=O) groups is 1. The second-order valence-corrected chi connectivity index (χ2v) is 5.41. The van der Waals surface area contributed by atoms with Crippen LogP contribution in [0, 0.1) is 0 Å². The molecule has 2 N–H and O–H groups in total. The van der Waals surface area contributed by atoms with Gasteiger partial charge >= 0.3 is 0 Å². The largest absolute Gasteiger partial charge is 0.497 e. The van der Waals surface area contributed by atoms with E-state index in [1.807, 2.05) is 31.2 Å². The molecule has 0 saturated carbocycles. The van der Waals surface area contributed by atoms with Crippen molar-refractivity contribution in [2.75, 3.05) is 20.2 Å². The monoisotopic (exact) mass is 328 g/mol. The SMILES string of the molecule is COc1ccc(OC(C)CNC(=O)CC2CCCN2)cc1.Cl. The molecule has 2 atom stereocenters. The van der Waals surface area contributed by atoms with Gasteiger partial charge in [-0.25, -0.2) is 0 Å². The summed E-state index contributed by atoms with van der Waals surface area (Å²) in [6, 6.07) is 7.76. The van der Waals surface area contributed by atoms with Crippen molar-refractivity contribution < 1.29 is 14.3 Å². The molecule has 0 spiro atoms. The van der Waals surface area contributed by atoms with Crippen molar-refractivity contribution in [3.05, 3.63) is 24.3 Å². The highest BCUT2D eigenvalue weighted by Gasteiger charge is 2.17. The average Bonchev–Trinajstić information content (AvgIpc) is 2.99. The molecule has 1 fully saturated rings. The number of carbonyl (C=O) groups excluding carboxylic acids is 1. The number of halogens is 1. The summed E-state index contributed by atoms with van der Waals surface area (Å²) in [7, 11) is 1.63. The number of nitrogens with one attached hydrogen (secondary N) is 2. The van der Waals surface area contributed by atoms with Gasteiger partial charge in [0.05, 0.1) is 13.7 Å². The van der Waals surface area contributed by atoms with Gasteiger partial charge < -0.3 is 20.1 Å². The molecule has 0 radical (unpaired) electrons. The van der Waals surface area contributed by atoms with E-state index < -0.39 is 0 Å². The Bertz CT molecular complexity index is 447. The van der Waals surface area contributed by atoms with E-state index in [0.29, 0.717) is 19.0 Å². The Kier molecular flexibility index (Phi) is 8.06. The maximum absolute atomic E-state index is 11.8. The number of ether oxygens (including phenoxy) is 2. The lowest BCUT2D eigenvalue weighted by Crippen LogP contribution is -2.37. The van der Waals surface area contributed by atoms with E-state index in [-0.39, 0.29) is 24.4 Å². The minimum Gasteiger partial charge on any atom is -0.497 e. The Morgan fingerprint density at radius 2 is 2.05 bits per heavy atom. The Balaban J connectivity index is 0.00000242. The van der Waals surface area contributed by atoms with Gasteiger partial charge in [-0.3, -0.25) is 4.79 Å². The van der Waals surface area contributed by atoms with E-state index in [0.717, 1.165) is 30.9 Å². The first-order valence-electron chi connectivity index (χ1n) is 7.48. The molecule has 1 aliphatic rings. The Hall–Kier alpha value is -1.46. The molecule has 0 bridgehead atoms. The Morgan fingerprint density at radius 1 is 1.36 bits per heavy atom. The third-order valence-electron chi connectivity index (χ3n) is 3.58. The zero-order valence-electron chi connectivity index (χ0n) is 13.1. The summed E-state index contributed by atoms with van der Waals surface area (Å²) >= 11 is 0. The summed E-state index contributed by atoms with van der Waals surface area (Å²) in [6.45, 7) is 3.48. The van der Waals surface area contributed by atoms with Crippen LogP contribution in [0.1, 0.15) is 26.2 Å². The molecule has 1 heterocycles. The van der Waals surface area contributed by atoms with Crippen LogP contribution in [0.3, 0.4) is 0 Å². The molecule has 1 aliphatic heterocycles. The molecule has 1 aromatic carbocycles. The van der Waals surface area contributed by atoms with E-state index in [1.165, 1.54) is 0 Å². The van der Waals surface area contributed by atoms with Crippen LogP contribution in [0.25, 0.3) is 0 Å². The Morgan fingerprint density at radius 3 is 2.64 bits per heavy atom. The van der Waals surface area contributed by atoms with Crippen molar-refractivity contribution in [2.24, 2.45) is 0 Å². The van der Waals surface area contributed by atoms with Crippen LogP contribution in [0.5, 0.6) is 11.5 Å². The fourth-order valence-electron chi connectivity index (χ4n) is 2.41. The first-order valence-corrected chi connectivity index (χ1v) is 7.48. The van der Waals surface area contributed by atoms with Gasteiger partial charge in [0.1, 0.15) is 17.6 Å². The molecule has 2 rings (SSSR count). The summed E-state index contributed by atoms with van der Waals surface area (Å²) in [5, 5.41) is 6.25. The third kappa shape index (κ3) is 6.12. The van der Waals surface area contributed by atoms with E-state index >= 15 is 0 Å². The average molecular weight is 329 g/mol. The number of hydrogen-bond acceptors (Lipinski definition) is 4. The van der Waals surface area contributed by atoms with E-state index in [2.05, 4.69) is 10.6 Å². The molecule has 1 amide bonds. The van der Waals surface area contributed by atoms with Gasteiger partial charge in [-0.05, 0) is 50.6 Å². The minimum absolute atomic E-state index is 0. The lowest BCUT2D eigenvalue weighted by molar-refractivity contribution is -0.121. The predicted octanol–water partition coefficient (Wildman–Crippen LogP) is 2.14. The summed E-state index contributed by atoms with van der Waals surface area (Å²) < 4.78 is 10.8. The van der Waals surface area contributed by atoms with Crippen LogP contribution in [0.4, 0.5) is 0 Å². The second-order valence-electron chi connectivity index (χ2n) is 5.41. The minimum atomic E-state index is -0.0705. The van der Waals surface area contributed by atoms with Gasteiger partial charge in [0.25, 0.3) is 0 Å². The standard InChI is InChI=1S/C16H24N2O3.ClH/c1-12(21-15-7-5-14(20-2)6-8-15)11-18-16(19)10-13-4-3-9-17-13;/h5-8,12-13,17H,3-4,9-11H2,1-2H3,(H,18,19);1H. The molecule has 5 nitrogen and oxygen atoms in total. The van der Waals surface area contributed by atoms with Gasteiger partial charge in [0.2, 0.25) is 5.91 Å². The predicted molar refractivity (Wildman–Crippen MR) is 89.0 cm³/mol. The van der Waals surface area contributed by atoms with Crippen LogP contribution in [0.2, 0.25) is 0 Å². The summed E-state index contributed by atoms with van der Waals surface area (Å²) in [6.07, 6.45) is 2.73. The van der Waals surface area contributed by atoms with Crippen molar-refractivity contribution in [2.45, 2.75) is 38.3 Å². The topological polar surface area (TPSA) is 59.6 Å². The Labute approximate surface area is 138 Å². The summed E-state index contributed by atoms with van der Waals surface area (Å²) in [5.41, 5.74) is 0. The molecular formula is C16H25ClN2O3. The van der Waals surface area contributed by atoms with Crippen molar-refractivity contribution in [1.82, 2.24) is 10.6 Å². The highest BCUT2D eigenvalue weighted by molar-refractivity contribution is 5.85. The maximum Gasteiger partial charge on any atom is 0.221 e. The number of rotatable bonds is 7. The number of hydrogen-bond donors (Lipinski definition) is 2. The van der Waals surface area contributed by atoms with Crippen LogP contribution in [-0.2, 0) is 4.79 Å². The second kappa shape index (κ2) is 9.54. The maximum atomic E-state index is 11.8. The number of benzene rings is 1. The smallest absolute Gasteiger partial charge is 0.221 e. The molecule has 1 aromatic rings. The van der Waals surface area contributed by atoms with E-state index in [1.54, 1.807) is 7.11 Å².